The summed E-state index contributed by atoms with van der Waals surface area (Å²) in [4.78, 5) is 16.2. The van der Waals surface area contributed by atoms with Crippen molar-refractivity contribution in [1.29, 1.82) is 0 Å². The number of sulfonamides is 1. The highest BCUT2D eigenvalue weighted by Crippen LogP contribution is 2.18. The lowest BCUT2D eigenvalue weighted by Crippen LogP contribution is -2.34. The largest absolute Gasteiger partial charge is 0.497 e. The Hall–Kier alpha value is -2.61. The molecular weight excluding hydrogens is 342 g/mol. The molecule has 0 aliphatic rings. The fraction of sp³-hybridized carbons (Fsp3) is 0.294. The predicted octanol–water partition coefficient (Wildman–Crippen LogP) is 1.78. The van der Waals surface area contributed by atoms with Gasteiger partial charge in [0.15, 0.2) is 0 Å². The van der Waals surface area contributed by atoms with Crippen LogP contribution < -0.4 is 14.8 Å². The Bertz CT molecular complexity index is 810. The second-order valence-electron chi connectivity index (χ2n) is 5.56. The van der Waals surface area contributed by atoms with Crippen molar-refractivity contribution in [2.24, 2.45) is 5.92 Å². The molecule has 1 unspecified atom stereocenters. The number of carbonyl (C=O) groups excluding carboxylic acids is 1. The highest BCUT2D eigenvalue weighted by atomic mass is 32.2. The number of nitrogens with one attached hydrogen (secondary N) is 2. The molecule has 0 spiro atoms. The number of methoxy groups -OCH3 is 1. The number of carbonyl (C=O) groups is 1. The molecule has 0 saturated heterocycles. The Morgan fingerprint density at radius 3 is 2.72 bits per heavy atom. The smallest absolute Gasteiger partial charge is 0.233 e. The molecule has 0 fully saturated rings. The molecule has 0 aliphatic carbocycles. The number of hydrogen-bond acceptors (Lipinski definition) is 5. The van der Waals surface area contributed by atoms with Crippen LogP contribution in [0, 0.1) is 5.92 Å². The van der Waals surface area contributed by atoms with Gasteiger partial charge in [-0.25, -0.2) is 8.42 Å². The average molecular weight is 363 g/mol. The Morgan fingerprint density at radius 2 is 2.04 bits per heavy atom. The summed E-state index contributed by atoms with van der Waals surface area (Å²) in [6.45, 7) is 1.83. The van der Waals surface area contributed by atoms with Crippen LogP contribution in [0.25, 0.3) is 0 Å². The topological polar surface area (TPSA) is 97.4 Å². The van der Waals surface area contributed by atoms with Gasteiger partial charge in [-0.2, -0.15) is 0 Å². The van der Waals surface area contributed by atoms with E-state index in [2.05, 4.69) is 15.0 Å². The monoisotopic (exact) mass is 363 g/mol. The van der Waals surface area contributed by atoms with E-state index in [9.17, 15) is 13.2 Å². The van der Waals surface area contributed by atoms with Crippen molar-refractivity contribution >= 4 is 21.6 Å². The second kappa shape index (κ2) is 8.48. The molecule has 2 N–H and O–H groups in total. The lowest BCUT2D eigenvalue weighted by Gasteiger charge is -2.14. The zero-order valence-corrected chi connectivity index (χ0v) is 14.9. The van der Waals surface area contributed by atoms with E-state index >= 15 is 0 Å². The molecule has 1 atom stereocenters. The van der Waals surface area contributed by atoms with Crippen LogP contribution in [0.15, 0.2) is 48.7 Å². The molecule has 1 heterocycles. The predicted molar refractivity (Wildman–Crippen MR) is 95.7 cm³/mol. The lowest BCUT2D eigenvalue weighted by molar-refractivity contribution is -0.124. The molecule has 0 saturated carbocycles. The van der Waals surface area contributed by atoms with Crippen LogP contribution in [-0.4, -0.2) is 32.2 Å². The zero-order valence-electron chi connectivity index (χ0n) is 14.1. The van der Waals surface area contributed by atoms with Crippen molar-refractivity contribution in [2.75, 3.05) is 17.6 Å². The minimum absolute atomic E-state index is 0.257. The summed E-state index contributed by atoms with van der Waals surface area (Å²) in [5, 5.41) is 2.69. The average Bonchev–Trinajstić information content (AvgIpc) is 2.59. The standard InChI is InChI=1S/C17H21N3O4S/c1-13(17(21)19-11-15-6-3-4-9-18-15)12-25(22,23)20-14-7-5-8-16(10-14)24-2/h3-10,13,20H,11-12H2,1-2H3,(H,19,21). The van der Waals surface area contributed by atoms with Crippen LogP contribution in [0.3, 0.4) is 0 Å². The summed E-state index contributed by atoms with van der Waals surface area (Å²) in [5.74, 6) is -0.826. The summed E-state index contributed by atoms with van der Waals surface area (Å²) in [7, 11) is -2.17. The molecule has 0 radical (unpaired) electrons. The van der Waals surface area contributed by atoms with Crippen LogP contribution >= 0.6 is 0 Å². The first-order valence-corrected chi connectivity index (χ1v) is 9.37. The van der Waals surface area contributed by atoms with Gasteiger partial charge in [0.25, 0.3) is 0 Å². The normalized spacial score (nSPS) is 12.2. The van der Waals surface area contributed by atoms with Crippen molar-refractivity contribution < 1.29 is 17.9 Å². The number of benzene rings is 1. The maximum atomic E-state index is 12.2. The molecule has 2 aromatic rings. The van der Waals surface area contributed by atoms with E-state index in [1.807, 2.05) is 6.07 Å². The van der Waals surface area contributed by atoms with Gasteiger partial charge in [-0.1, -0.05) is 19.1 Å². The van der Waals surface area contributed by atoms with E-state index in [1.165, 1.54) is 7.11 Å². The first-order valence-electron chi connectivity index (χ1n) is 7.72. The van der Waals surface area contributed by atoms with Gasteiger partial charge >= 0.3 is 0 Å². The van der Waals surface area contributed by atoms with Gasteiger partial charge < -0.3 is 10.1 Å². The summed E-state index contributed by atoms with van der Waals surface area (Å²) >= 11 is 0. The minimum atomic E-state index is -3.67. The number of rotatable bonds is 8. The maximum absolute atomic E-state index is 12.2. The quantitative estimate of drug-likeness (QED) is 0.745. The first kappa shape index (κ1) is 18.7. The van der Waals surface area contributed by atoms with Crippen molar-refractivity contribution in [1.82, 2.24) is 10.3 Å². The zero-order chi connectivity index (χ0) is 18.3. The Morgan fingerprint density at radius 1 is 1.24 bits per heavy atom. The van der Waals surface area contributed by atoms with Crippen LogP contribution in [0.1, 0.15) is 12.6 Å². The molecule has 8 heteroatoms. The summed E-state index contributed by atoms with van der Waals surface area (Å²) in [6, 6.07) is 12.0. The van der Waals surface area contributed by atoms with Crippen molar-refractivity contribution in [3.05, 3.63) is 54.4 Å². The molecular formula is C17H21N3O4S. The van der Waals surface area contributed by atoms with Crippen LogP contribution in [0.5, 0.6) is 5.75 Å². The van der Waals surface area contributed by atoms with E-state index < -0.39 is 15.9 Å². The number of nitrogens with zero attached hydrogens (tertiary/aromatic N) is 1. The lowest BCUT2D eigenvalue weighted by atomic mass is 10.2. The summed E-state index contributed by atoms with van der Waals surface area (Å²) in [5.41, 5.74) is 1.10. The van der Waals surface area contributed by atoms with Crippen molar-refractivity contribution in [3.63, 3.8) is 0 Å². The van der Waals surface area contributed by atoms with Gasteiger partial charge in [0.05, 0.1) is 36.7 Å². The van der Waals surface area contributed by atoms with Crippen molar-refractivity contribution in [2.45, 2.75) is 13.5 Å². The van der Waals surface area contributed by atoms with E-state index in [4.69, 9.17) is 4.74 Å². The van der Waals surface area contributed by atoms with Crippen molar-refractivity contribution in [3.8, 4) is 5.75 Å². The van der Waals surface area contributed by atoms with Crippen LogP contribution in [0.2, 0.25) is 0 Å². The molecule has 1 aromatic heterocycles. The van der Waals surface area contributed by atoms with Gasteiger partial charge in [0.2, 0.25) is 15.9 Å². The second-order valence-corrected chi connectivity index (χ2v) is 7.32. The molecule has 25 heavy (non-hydrogen) atoms. The van der Waals surface area contributed by atoms with Gasteiger partial charge in [0.1, 0.15) is 5.75 Å². The third-order valence-electron chi connectivity index (χ3n) is 3.43. The van der Waals surface area contributed by atoms with Gasteiger partial charge in [0, 0.05) is 12.3 Å². The molecule has 1 aromatic carbocycles. The Labute approximate surface area is 147 Å². The fourth-order valence-corrected chi connectivity index (χ4v) is 3.55. The van der Waals surface area contributed by atoms with E-state index in [0.29, 0.717) is 17.1 Å². The van der Waals surface area contributed by atoms with Gasteiger partial charge in [-0.3, -0.25) is 14.5 Å². The highest BCUT2D eigenvalue weighted by Gasteiger charge is 2.21. The SMILES string of the molecule is COc1cccc(NS(=O)(=O)CC(C)C(=O)NCc2ccccn2)c1. The molecule has 0 aliphatic heterocycles. The van der Waals surface area contributed by atoms with E-state index in [1.54, 1.807) is 49.5 Å². The summed E-state index contributed by atoms with van der Waals surface area (Å²) in [6.07, 6.45) is 1.63. The number of ether oxygens (including phenoxy) is 1. The number of hydrogen-bond donors (Lipinski definition) is 2. The molecule has 2 rings (SSSR count). The molecule has 134 valence electrons. The third-order valence-corrected chi connectivity index (χ3v) is 4.92. The van der Waals surface area contributed by atoms with Gasteiger partial charge in [-0.15, -0.1) is 0 Å². The number of anilines is 1. The minimum Gasteiger partial charge on any atom is -0.497 e. The maximum Gasteiger partial charge on any atom is 0.233 e. The van der Waals surface area contributed by atoms with Gasteiger partial charge in [-0.05, 0) is 24.3 Å². The van der Waals surface area contributed by atoms with Crippen LogP contribution in [0.4, 0.5) is 5.69 Å². The molecule has 1 amide bonds. The highest BCUT2D eigenvalue weighted by molar-refractivity contribution is 7.92. The van der Waals surface area contributed by atoms with Crippen LogP contribution in [-0.2, 0) is 21.4 Å². The van der Waals surface area contributed by atoms with E-state index in [-0.39, 0.29) is 18.2 Å². The molecule has 7 nitrogen and oxygen atoms in total. The number of pyridine rings is 1. The Balaban J connectivity index is 1.90. The Kier molecular flexibility index (Phi) is 6.35. The number of amides is 1. The van der Waals surface area contributed by atoms with E-state index in [0.717, 1.165) is 0 Å². The molecule has 0 bridgehead atoms. The fourth-order valence-electron chi connectivity index (χ4n) is 2.17. The third kappa shape index (κ3) is 6.07. The first-order chi connectivity index (χ1) is 11.9. The number of aromatic nitrogens is 1. The summed E-state index contributed by atoms with van der Waals surface area (Å²) < 4.78 is 32.0.